The van der Waals surface area contributed by atoms with E-state index in [1.165, 1.54) is 12.1 Å². The van der Waals surface area contributed by atoms with E-state index >= 15 is 0 Å². The largest absolute Gasteiger partial charge is 0.490 e. The highest BCUT2D eigenvalue weighted by atomic mass is 19.4. The zero-order valence-electron chi connectivity index (χ0n) is 19.6. The summed E-state index contributed by atoms with van der Waals surface area (Å²) in [6, 6.07) is 18.8. The molecule has 1 heterocycles. The second-order valence-corrected chi connectivity index (χ2v) is 7.83. The van der Waals surface area contributed by atoms with Crippen LogP contribution in [0.1, 0.15) is 23.9 Å². The Balaban J connectivity index is 1.48. The lowest BCUT2D eigenvalue weighted by Gasteiger charge is -2.13. The summed E-state index contributed by atoms with van der Waals surface area (Å²) < 4.78 is 49.9. The molecule has 37 heavy (non-hydrogen) atoms. The number of amides is 1. The number of nitrogens with zero attached hydrogens (tertiary/aromatic N) is 2. The van der Waals surface area contributed by atoms with Crippen molar-refractivity contribution in [2.45, 2.75) is 13.1 Å². The molecule has 0 unspecified atom stereocenters. The third kappa shape index (κ3) is 6.27. The summed E-state index contributed by atoms with van der Waals surface area (Å²) in [5.41, 5.74) is 1.63. The summed E-state index contributed by atoms with van der Waals surface area (Å²) in [7, 11) is 0. The van der Waals surface area contributed by atoms with E-state index in [-0.39, 0.29) is 11.4 Å². The quantitative estimate of drug-likeness (QED) is 0.283. The van der Waals surface area contributed by atoms with Gasteiger partial charge in [0.05, 0.1) is 28.8 Å². The molecule has 0 saturated heterocycles. The van der Waals surface area contributed by atoms with E-state index in [1.54, 1.807) is 31.2 Å². The van der Waals surface area contributed by atoms with Crippen LogP contribution in [-0.2, 0) is 11.0 Å². The average Bonchev–Trinajstić information content (AvgIpc) is 3.31. The third-order valence-electron chi connectivity index (χ3n) is 5.18. The number of benzene rings is 3. The van der Waals surface area contributed by atoms with Crippen molar-refractivity contribution in [3.05, 3.63) is 83.7 Å². The van der Waals surface area contributed by atoms with Gasteiger partial charge in [0.15, 0.2) is 18.1 Å². The number of para-hydroxylation sites is 2. The van der Waals surface area contributed by atoms with Crippen LogP contribution in [0.5, 0.6) is 11.5 Å². The van der Waals surface area contributed by atoms with Crippen LogP contribution in [0.25, 0.3) is 22.7 Å². The summed E-state index contributed by atoms with van der Waals surface area (Å²) in [4.78, 5) is 19.9. The highest BCUT2D eigenvalue weighted by molar-refractivity contribution is 5.92. The maximum atomic E-state index is 12.9. The number of H-pyrrole nitrogens is 1. The molecule has 0 aliphatic carbocycles. The maximum Gasteiger partial charge on any atom is 0.416 e. The molecule has 0 atom stereocenters. The average molecular weight is 506 g/mol. The topological polar surface area (TPSA) is 100 Å². The van der Waals surface area contributed by atoms with Crippen LogP contribution >= 0.6 is 0 Å². The summed E-state index contributed by atoms with van der Waals surface area (Å²) in [6.07, 6.45) is -2.87. The first-order valence-corrected chi connectivity index (χ1v) is 11.2. The number of allylic oxidation sites excluding steroid dienone is 1. The van der Waals surface area contributed by atoms with E-state index in [4.69, 9.17) is 9.47 Å². The zero-order chi connectivity index (χ0) is 26.4. The highest BCUT2D eigenvalue weighted by Gasteiger charge is 2.30. The van der Waals surface area contributed by atoms with E-state index in [1.807, 2.05) is 24.3 Å². The Morgan fingerprint density at radius 1 is 1.08 bits per heavy atom. The molecule has 3 aromatic carbocycles. The number of hydrogen-bond donors (Lipinski definition) is 2. The fourth-order valence-electron chi connectivity index (χ4n) is 3.52. The molecule has 0 saturated carbocycles. The van der Waals surface area contributed by atoms with Crippen LogP contribution in [0.3, 0.4) is 0 Å². The zero-order valence-corrected chi connectivity index (χ0v) is 19.6. The maximum absolute atomic E-state index is 12.9. The van der Waals surface area contributed by atoms with Gasteiger partial charge >= 0.3 is 6.18 Å². The molecule has 1 aromatic heterocycles. The number of rotatable bonds is 8. The fraction of sp³-hybridized carbons (Fsp3) is 0.148. The summed E-state index contributed by atoms with van der Waals surface area (Å²) >= 11 is 0. The molecular weight excluding hydrogens is 485 g/mol. The number of nitriles is 1. The number of ether oxygens (including phenoxy) is 2. The van der Waals surface area contributed by atoms with Crippen LogP contribution < -0.4 is 14.8 Å². The Labute approximate surface area is 210 Å². The molecule has 0 spiro atoms. The van der Waals surface area contributed by atoms with Crippen molar-refractivity contribution >= 4 is 34.3 Å². The smallest absolute Gasteiger partial charge is 0.416 e. The molecule has 0 radical (unpaired) electrons. The number of carbonyl (C=O) groups is 1. The van der Waals surface area contributed by atoms with Gasteiger partial charge in [0.1, 0.15) is 11.9 Å². The van der Waals surface area contributed by atoms with Gasteiger partial charge in [0.25, 0.3) is 5.91 Å². The van der Waals surface area contributed by atoms with Crippen molar-refractivity contribution in [2.75, 3.05) is 18.5 Å². The van der Waals surface area contributed by atoms with Gasteiger partial charge in [0, 0.05) is 5.69 Å². The first-order valence-electron chi connectivity index (χ1n) is 11.2. The lowest BCUT2D eigenvalue weighted by molar-refractivity contribution is -0.137. The Kier molecular flexibility index (Phi) is 7.44. The van der Waals surface area contributed by atoms with Gasteiger partial charge in [-0.1, -0.05) is 24.3 Å². The van der Waals surface area contributed by atoms with Crippen molar-refractivity contribution in [3.8, 4) is 17.6 Å². The second-order valence-electron chi connectivity index (χ2n) is 7.83. The molecule has 10 heteroatoms. The summed E-state index contributed by atoms with van der Waals surface area (Å²) in [5.74, 6) is 0.390. The number of alkyl halides is 3. The minimum absolute atomic E-state index is 0.00330. The van der Waals surface area contributed by atoms with Crippen molar-refractivity contribution in [1.29, 1.82) is 5.26 Å². The van der Waals surface area contributed by atoms with Gasteiger partial charge in [0.2, 0.25) is 0 Å². The number of aromatic nitrogens is 2. The van der Waals surface area contributed by atoms with Gasteiger partial charge in [-0.05, 0) is 61.0 Å². The standard InChI is InChI=1S/C27H21F3N4O3/c1-2-36-24-13-17(12-18(15-31)26-33-21-8-3-4-9-22(21)34-26)10-11-23(24)37-16-25(35)32-20-7-5-6-19(14-20)27(28,29)30/h3-14H,2,16H2,1H3,(H,32,35)(H,33,34)/b18-12+. The molecule has 0 aliphatic heterocycles. The molecular formula is C27H21F3N4O3. The monoisotopic (exact) mass is 506 g/mol. The Hall–Kier alpha value is -4.78. The molecule has 4 rings (SSSR count). The number of carbonyl (C=O) groups excluding carboxylic acids is 1. The number of fused-ring (bicyclic) bond motifs is 1. The molecule has 0 aliphatic rings. The number of nitrogens with one attached hydrogen (secondary N) is 2. The van der Waals surface area contributed by atoms with Crippen LogP contribution in [0, 0.1) is 11.3 Å². The first kappa shape index (κ1) is 25.3. The van der Waals surface area contributed by atoms with Crippen LogP contribution in [0.15, 0.2) is 66.7 Å². The van der Waals surface area contributed by atoms with Gasteiger partial charge in [-0.25, -0.2) is 4.98 Å². The molecule has 7 nitrogen and oxygen atoms in total. The third-order valence-corrected chi connectivity index (χ3v) is 5.18. The molecule has 2 N–H and O–H groups in total. The Morgan fingerprint density at radius 3 is 2.62 bits per heavy atom. The summed E-state index contributed by atoms with van der Waals surface area (Å²) in [6.45, 7) is 1.64. The van der Waals surface area contributed by atoms with Crippen molar-refractivity contribution in [3.63, 3.8) is 0 Å². The number of hydrogen-bond acceptors (Lipinski definition) is 5. The SMILES string of the molecule is CCOc1cc(/C=C(\C#N)c2nc3ccccc3[nH]2)ccc1OCC(=O)Nc1cccc(C(F)(F)F)c1. The molecule has 0 bridgehead atoms. The lowest BCUT2D eigenvalue weighted by atomic mass is 10.1. The van der Waals surface area contributed by atoms with E-state index in [0.29, 0.717) is 29.3 Å². The molecule has 1 amide bonds. The van der Waals surface area contributed by atoms with Crippen molar-refractivity contribution in [2.24, 2.45) is 0 Å². The van der Waals surface area contributed by atoms with Crippen LogP contribution in [0.4, 0.5) is 18.9 Å². The van der Waals surface area contributed by atoms with Gasteiger partial charge in [-0.2, -0.15) is 18.4 Å². The second kappa shape index (κ2) is 10.9. The van der Waals surface area contributed by atoms with E-state index in [2.05, 4.69) is 21.4 Å². The molecule has 188 valence electrons. The van der Waals surface area contributed by atoms with Gasteiger partial charge in [-0.15, -0.1) is 0 Å². The highest BCUT2D eigenvalue weighted by Crippen LogP contribution is 2.32. The fourth-order valence-corrected chi connectivity index (χ4v) is 3.52. The normalized spacial score (nSPS) is 11.7. The first-order chi connectivity index (χ1) is 17.8. The summed E-state index contributed by atoms with van der Waals surface area (Å²) in [5, 5.41) is 12.1. The van der Waals surface area contributed by atoms with Gasteiger partial charge < -0.3 is 19.8 Å². The van der Waals surface area contributed by atoms with E-state index in [9.17, 15) is 23.2 Å². The Bertz CT molecular complexity index is 1470. The number of halogens is 3. The predicted octanol–water partition coefficient (Wildman–Crippen LogP) is 6.06. The lowest BCUT2D eigenvalue weighted by Crippen LogP contribution is -2.20. The Morgan fingerprint density at radius 2 is 1.89 bits per heavy atom. The van der Waals surface area contributed by atoms with Crippen LogP contribution in [0.2, 0.25) is 0 Å². The predicted molar refractivity (Wildman–Crippen MR) is 133 cm³/mol. The van der Waals surface area contributed by atoms with Crippen molar-refractivity contribution in [1.82, 2.24) is 9.97 Å². The number of anilines is 1. The van der Waals surface area contributed by atoms with E-state index < -0.39 is 24.3 Å². The number of imidazole rings is 1. The van der Waals surface area contributed by atoms with Crippen molar-refractivity contribution < 1.29 is 27.4 Å². The molecule has 0 fully saturated rings. The van der Waals surface area contributed by atoms with Crippen LogP contribution in [-0.4, -0.2) is 29.1 Å². The van der Waals surface area contributed by atoms with Gasteiger partial charge in [-0.3, -0.25) is 4.79 Å². The minimum atomic E-state index is -4.52. The molecule has 4 aromatic rings. The minimum Gasteiger partial charge on any atom is -0.490 e. The number of aromatic amines is 1. The van der Waals surface area contributed by atoms with E-state index in [0.717, 1.165) is 23.2 Å².